The van der Waals surface area contributed by atoms with E-state index in [-0.39, 0.29) is 37.2 Å². The number of rotatable bonds is 8. The van der Waals surface area contributed by atoms with Crippen molar-refractivity contribution in [3.63, 3.8) is 0 Å². The fraction of sp³-hybridized carbons (Fsp3) is 0.346. The van der Waals surface area contributed by atoms with Crippen LogP contribution in [0.25, 0.3) is 0 Å². The second-order valence-electron chi connectivity index (χ2n) is 8.78. The molecule has 7 nitrogen and oxygen atoms in total. The van der Waals surface area contributed by atoms with Gasteiger partial charge in [-0.3, -0.25) is 9.59 Å². The van der Waals surface area contributed by atoms with Crippen molar-refractivity contribution in [1.29, 1.82) is 0 Å². The van der Waals surface area contributed by atoms with Crippen LogP contribution in [0.15, 0.2) is 67.1 Å². The first-order chi connectivity index (χ1) is 16.4. The zero-order valence-corrected chi connectivity index (χ0v) is 19.2. The molecule has 0 saturated carbocycles. The number of aromatic amines is 1. The van der Waals surface area contributed by atoms with Crippen LogP contribution in [0.5, 0.6) is 0 Å². The van der Waals surface area contributed by atoms with Crippen LogP contribution in [0.1, 0.15) is 54.2 Å². The number of alkyl halides is 1. The summed E-state index contributed by atoms with van der Waals surface area (Å²) in [6.07, 6.45) is 2.60. The Morgan fingerprint density at radius 3 is 2.47 bits per heavy atom. The molecular weight excluding hydrogens is 433 g/mol. The third kappa shape index (κ3) is 5.51. The largest absolute Gasteiger partial charge is 0.348 e. The predicted octanol–water partition coefficient (Wildman–Crippen LogP) is 3.21. The maximum Gasteiger partial charge on any atom is 0.243 e. The third-order valence-corrected chi connectivity index (χ3v) is 6.25. The van der Waals surface area contributed by atoms with E-state index in [0.717, 1.165) is 22.4 Å². The Balaban J connectivity index is 1.52. The minimum atomic E-state index is -1.23. The van der Waals surface area contributed by atoms with Gasteiger partial charge in [-0.05, 0) is 30.0 Å². The summed E-state index contributed by atoms with van der Waals surface area (Å²) in [7, 11) is 0. The number of carbonyl (C=O) groups is 2. The van der Waals surface area contributed by atoms with Crippen molar-refractivity contribution in [3.05, 3.63) is 89.5 Å². The number of likely N-dealkylation sites (tertiary alicyclic amines) is 1. The maximum atomic E-state index is 14.4. The van der Waals surface area contributed by atoms with E-state index in [0.29, 0.717) is 6.42 Å². The monoisotopic (exact) mass is 463 g/mol. The van der Waals surface area contributed by atoms with Gasteiger partial charge in [-0.25, -0.2) is 9.37 Å². The molecule has 178 valence electrons. The van der Waals surface area contributed by atoms with Crippen molar-refractivity contribution in [3.8, 4) is 0 Å². The van der Waals surface area contributed by atoms with Crippen molar-refractivity contribution >= 4 is 11.8 Å². The summed E-state index contributed by atoms with van der Waals surface area (Å²) in [6.45, 7) is 1.84. The van der Waals surface area contributed by atoms with Gasteiger partial charge >= 0.3 is 0 Å². The van der Waals surface area contributed by atoms with Crippen LogP contribution in [-0.2, 0) is 16.0 Å². The highest BCUT2D eigenvalue weighted by Crippen LogP contribution is 2.27. The van der Waals surface area contributed by atoms with Crippen LogP contribution in [-0.4, -0.2) is 45.4 Å². The van der Waals surface area contributed by atoms with Gasteiger partial charge in [0.05, 0.1) is 18.9 Å². The van der Waals surface area contributed by atoms with Crippen LogP contribution in [0.3, 0.4) is 0 Å². The molecule has 3 aromatic rings. The molecule has 4 N–H and O–H groups in total. The van der Waals surface area contributed by atoms with Crippen LogP contribution < -0.4 is 11.1 Å². The van der Waals surface area contributed by atoms with Crippen molar-refractivity contribution in [1.82, 2.24) is 20.2 Å². The number of H-pyrrole nitrogens is 1. The number of imidazole rings is 1. The van der Waals surface area contributed by atoms with Gasteiger partial charge in [-0.1, -0.05) is 54.6 Å². The van der Waals surface area contributed by atoms with Gasteiger partial charge in [0.1, 0.15) is 12.2 Å². The number of aryl methyl sites for hydroxylation is 1. The average molecular weight is 464 g/mol. The van der Waals surface area contributed by atoms with Gasteiger partial charge in [0.2, 0.25) is 11.8 Å². The van der Waals surface area contributed by atoms with E-state index in [4.69, 9.17) is 5.73 Å². The normalized spacial score (nSPS) is 19.6. The average Bonchev–Trinajstić information content (AvgIpc) is 3.51. The van der Waals surface area contributed by atoms with Crippen LogP contribution in [0, 0.1) is 0 Å². The van der Waals surface area contributed by atoms with Crippen molar-refractivity contribution in [2.24, 2.45) is 5.73 Å². The van der Waals surface area contributed by atoms with Gasteiger partial charge in [-0.15, -0.1) is 0 Å². The summed E-state index contributed by atoms with van der Waals surface area (Å²) >= 11 is 0. The Morgan fingerprint density at radius 2 is 1.82 bits per heavy atom. The minimum absolute atomic E-state index is 0.00718. The molecule has 0 spiro atoms. The number of halogens is 1. The number of hydrogen-bond acceptors (Lipinski definition) is 4. The molecule has 0 radical (unpaired) electrons. The molecule has 1 aromatic heterocycles. The van der Waals surface area contributed by atoms with E-state index < -0.39 is 18.3 Å². The third-order valence-electron chi connectivity index (χ3n) is 6.25. The molecule has 2 heterocycles. The molecule has 4 rings (SSSR count). The highest BCUT2D eigenvalue weighted by atomic mass is 19.1. The Morgan fingerprint density at radius 1 is 1.15 bits per heavy atom. The first kappa shape index (κ1) is 23.6. The summed E-state index contributed by atoms with van der Waals surface area (Å²) in [5.74, 6) is -0.604. The van der Waals surface area contributed by atoms with E-state index in [2.05, 4.69) is 15.3 Å². The second kappa shape index (κ2) is 10.6. The molecule has 1 fully saturated rings. The molecule has 2 aromatic carbocycles. The van der Waals surface area contributed by atoms with E-state index >= 15 is 0 Å². The molecule has 1 aliphatic rings. The van der Waals surface area contributed by atoms with Gasteiger partial charge < -0.3 is 20.9 Å². The maximum absolute atomic E-state index is 14.4. The summed E-state index contributed by atoms with van der Waals surface area (Å²) < 4.78 is 14.4. The highest BCUT2D eigenvalue weighted by molar-refractivity contribution is 5.89. The fourth-order valence-corrected chi connectivity index (χ4v) is 4.35. The number of nitrogens with two attached hydrogens (primary N) is 1. The molecule has 1 unspecified atom stereocenters. The zero-order chi connectivity index (χ0) is 24.1. The number of nitrogens with one attached hydrogen (secondary N) is 2. The summed E-state index contributed by atoms with van der Waals surface area (Å²) in [5, 5.41) is 3.07. The number of benzene rings is 2. The lowest BCUT2D eigenvalue weighted by molar-refractivity contribution is -0.138. The van der Waals surface area contributed by atoms with Crippen molar-refractivity contribution in [2.75, 3.05) is 6.54 Å². The number of hydrogen-bond donors (Lipinski definition) is 3. The second-order valence-corrected chi connectivity index (χ2v) is 8.78. The van der Waals surface area contributed by atoms with E-state index in [9.17, 15) is 14.0 Å². The van der Waals surface area contributed by atoms with E-state index in [1.807, 2.05) is 61.5 Å². The molecular formula is C26H30FN5O2. The van der Waals surface area contributed by atoms with Gasteiger partial charge in [0.15, 0.2) is 0 Å². The molecule has 1 aliphatic heterocycles. The highest BCUT2D eigenvalue weighted by Gasteiger charge is 2.40. The van der Waals surface area contributed by atoms with Gasteiger partial charge in [0, 0.05) is 30.8 Å². The fourth-order valence-electron chi connectivity index (χ4n) is 4.35. The Hall–Kier alpha value is -3.52. The lowest BCUT2D eigenvalue weighted by Crippen LogP contribution is -2.47. The standard InChI is InChI=1S/C26H30FN5O2/c1-17(28)18-7-9-20(10-8-18)25(19-5-3-2-4-6-19)31-26(34)23-13-21(27)15-32(23)24(33)12-11-22-14-29-16-30-22/h2-10,14,16-17,21,23,25H,11-13,15,28H2,1H3,(H,29,30)(H,31,34)/t17?,21-,23+,25+/m1/s1. The molecule has 8 heteroatoms. The predicted molar refractivity (Wildman–Crippen MR) is 127 cm³/mol. The first-order valence-electron chi connectivity index (χ1n) is 11.5. The molecule has 4 atom stereocenters. The Bertz CT molecular complexity index is 1090. The molecule has 0 aliphatic carbocycles. The number of aromatic nitrogens is 2. The number of nitrogens with zero attached hydrogens (tertiary/aromatic N) is 2. The van der Waals surface area contributed by atoms with Gasteiger partial charge in [-0.2, -0.15) is 0 Å². The van der Waals surface area contributed by atoms with Crippen molar-refractivity contribution in [2.45, 2.75) is 50.5 Å². The summed E-state index contributed by atoms with van der Waals surface area (Å²) in [6, 6.07) is 16.0. The quantitative estimate of drug-likeness (QED) is 0.477. The molecule has 0 bridgehead atoms. The Labute approximate surface area is 198 Å². The molecule has 1 saturated heterocycles. The van der Waals surface area contributed by atoms with Crippen molar-refractivity contribution < 1.29 is 14.0 Å². The summed E-state index contributed by atoms with van der Waals surface area (Å²) in [4.78, 5) is 34.5. The van der Waals surface area contributed by atoms with Crippen LogP contribution >= 0.6 is 0 Å². The van der Waals surface area contributed by atoms with Crippen LogP contribution in [0.4, 0.5) is 4.39 Å². The number of carbonyl (C=O) groups excluding carboxylic acids is 2. The number of amides is 2. The zero-order valence-electron chi connectivity index (χ0n) is 19.2. The molecule has 34 heavy (non-hydrogen) atoms. The minimum Gasteiger partial charge on any atom is -0.348 e. The topological polar surface area (TPSA) is 104 Å². The molecule has 2 amide bonds. The lowest BCUT2D eigenvalue weighted by atomic mass is 9.96. The summed E-state index contributed by atoms with van der Waals surface area (Å²) in [5.41, 5.74) is 9.58. The Kier molecular flexibility index (Phi) is 7.37. The SMILES string of the molecule is CC(N)c1ccc([C@@H](NC(=O)[C@@H]2C[C@@H](F)CN2C(=O)CCc2cnc[nH]2)c2ccccc2)cc1. The van der Waals surface area contributed by atoms with E-state index in [1.165, 1.54) is 4.90 Å². The first-order valence-corrected chi connectivity index (χ1v) is 11.5. The lowest BCUT2D eigenvalue weighted by Gasteiger charge is -2.27. The van der Waals surface area contributed by atoms with Crippen LogP contribution in [0.2, 0.25) is 0 Å². The smallest absolute Gasteiger partial charge is 0.243 e. The van der Waals surface area contributed by atoms with E-state index in [1.54, 1.807) is 12.5 Å². The van der Waals surface area contributed by atoms with Gasteiger partial charge in [0.25, 0.3) is 0 Å².